The zero-order valence-corrected chi connectivity index (χ0v) is 14.1. The molecular weight excluding hydrogens is 302 g/mol. The van der Waals surface area contributed by atoms with Crippen LogP contribution in [0.4, 0.5) is 0 Å². The van der Waals surface area contributed by atoms with Crippen LogP contribution < -0.4 is 0 Å². The topological polar surface area (TPSA) is 41.7 Å². The molecule has 1 unspecified atom stereocenters. The van der Waals surface area contributed by atoms with Gasteiger partial charge in [-0.15, -0.1) is 0 Å². The molecule has 2 aliphatic rings. The van der Waals surface area contributed by atoms with Crippen molar-refractivity contribution in [3.63, 3.8) is 0 Å². The first-order valence-electron chi connectivity index (χ1n) is 8.76. The zero-order valence-electron chi connectivity index (χ0n) is 14.1. The maximum absolute atomic E-state index is 5.97. The van der Waals surface area contributed by atoms with Gasteiger partial charge in [0.2, 0.25) is 0 Å². The Morgan fingerprint density at radius 2 is 1.96 bits per heavy atom. The fourth-order valence-electron chi connectivity index (χ4n) is 3.97. The minimum absolute atomic E-state index is 0.234. The highest BCUT2D eigenvalue weighted by molar-refractivity contribution is 5.05. The summed E-state index contributed by atoms with van der Waals surface area (Å²) in [6, 6.07) is 10.2. The van der Waals surface area contributed by atoms with Gasteiger partial charge in [-0.1, -0.05) is 6.07 Å². The second-order valence-electron chi connectivity index (χ2n) is 7.12. The average Bonchev–Trinajstić information content (AvgIpc) is 3.19. The quantitative estimate of drug-likeness (QED) is 0.862. The molecule has 4 rings (SSSR count). The summed E-state index contributed by atoms with van der Waals surface area (Å²) in [5.41, 5.74) is 1.37. The molecular formula is C19H25N3O2. The monoisotopic (exact) mass is 327 g/mol. The van der Waals surface area contributed by atoms with Crippen molar-refractivity contribution in [3.8, 4) is 0 Å². The predicted octanol–water partition coefficient (Wildman–Crippen LogP) is 2.40. The number of furan rings is 1. The van der Waals surface area contributed by atoms with Gasteiger partial charge >= 0.3 is 0 Å². The minimum atomic E-state index is 0.234. The number of ether oxygens (including phenoxy) is 1. The molecule has 1 spiro atoms. The SMILES string of the molecule is c1ccc(CN2CCOCC3(CCN(Cc4ccco4)C3)C2)nc1. The lowest BCUT2D eigenvalue weighted by molar-refractivity contribution is 0.0700. The molecule has 2 saturated heterocycles. The van der Waals surface area contributed by atoms with E-state index in [2.05, 4.69) is 33.0 Å². The molecule has 0 bridgehead atoms. The first-order chi connectivity index (χ1) is 11.8. The third-order valence-electron chi connectivity index (χ3n) is 5.11. The summed E-state index contributed by atoms with van der Waals surface area (Å²) >= 11 is 0. The van der Waals surface area contributed by atoms with Crippen molar-refractivity contribution in [2.75, 3.05) is 39.4 Å². The Morgan fingerprint density at radius 3 is 2.75 bits per heavy atom. The fraction of sp³-hybridized carbons (Fsp3) is 0.526. The maximum atomic E-state index is 5.97. The van der Waals surface area contributed by atoms with Gasteiger partial charge in [0, 0.05) is 37.8 Å². The smallest absolute Gasteiger partial charge is 0.117 e. The Labute approximate surface area is 143 Å². The van der Waals surface area contributed by atoms with Gasteiger partial charge in [0.25, 0.3) is 0 Å². The molecule has 0 amide bonds. The molecule has 2 aromatic heterocycles. The van der Waals surface area contributed by atoms with E-state index in [0.29, 0.717) is 0 Å². The summed E-state index contributed by atoms with van der Waals surface area (Å²) in [6.45, 7) is 7.73. The molecule has 0 radical (unpaired) electrons. The molecule has 0 N–H and O–H groups in total. The Balaban J connectivity index is 1.40. The lowest BCUT2D eigenvalue weighted by Crippen LogP contribution is -2.40. The molecule has 24 heavy (non-hydrogen) atoms. The normalized spacial score (nSPS) is 26.0. The van der Waals surface area contributed by atoms with E-state index in [4.69, 9.17) is 9.15 Å². The van der Waals surface area contributed by atoms with Crippen molar-refractivity contribution in [3.05, 3.63) is 54.2 Å². The molecule has 2 aliphatic heterocycles. The number of rotatable bonds is 4. The molecule has 2 aromatic rings. The minimum Gasteiger partial charge on any atom is -0.468 e. The van der Waals surface area contributed by atoms with Crippen molar-refractivity contribution in [2.24, 2.45) is 5.41 Å². The van der Waals surface area contributed by atoms with Gasteiger partial charge in [0.1, 0.15) is 5.76 Å². The van der Waals surface area contributed by atoms with E-state index in [-0.39, 0.29) is 5.41 Å². The van der Waals surface area contributed by atoms with Crippen LogP contribution in [0.5, 0.6) is 0 Å². The van der Waals surface area contributed by atoms with Crippen LogP contribution in [0.1, 0.15) is 17.9 Å². The number of hydrogen-bond donors (Lipinski definition) is 0. The molecule has 4 heterocycles. The van der Waals surface area contributed by atoms with Crippen molar-refractivity contribution in [1.29, 1.82) is 0 Å². The van der Waals surface area contributed by atoms with E-state index in [1.54, 1.807) is 6.26 Å². The summed E-state index contributed by atoms with van der Waals surface area (Å²) in [5.74, 6) is 1.05. The third kappa shape index (κ3) is 3.69. The molecule has 5 heteroatoms. The van der Waals surface area contributed by atoms with Gasteiger partial charge in [-0.2, -0.15) is 0 Å². The first kappa shape index (κ1) is 15.8. The van der Waals surface area contributed by atoms with Gasteiger partial charge < -0.3 is 9.15 Å². The average molecular weight is 327 g/mol. The largest absolute Gasteiger partial charge is 0.468 e. The Hall–Kier alpha value is -1.69. The molecule has 0 aromatic carbocycles. The second-order valence-corrected chi connectivity index (χ2v) is 7.12. The van der Waals surface area contributed by atoms with E-state index >= 15 is 0 Å². The summed E-state index contributed by atoms with van der Waals surface area (Å²) in [4.78, 5) is 9.48. The Bertz CT molecular complexity index is 631. The van der Waals surface area contributed by atoms with Crippen LogP contribution in [0.2, 0.25) is 0 Å². The number of nitrogens with zero attached hydrogens (tertiary/aromatic N) is 3. The zero-order chi connectivity index (χ0) is 16.2. The number of likely N-dealkylation sites (tertiary alicyclic amines) is 1. The van der Waals surface area contributed by atoms with Crippen LogP contribution >= 0.6 is 0 Å². The Kier molecular flexibility index (Phi) is 4.65. The van der Waals surface area contributed by atoms with Gasteiger partial charge in [-0.3, -0.25) is 14.8 Å². The first-order valence-corrected chi connectivity index (χ1v) is 8.76. The lowest BCUT2D eigenvalue weighted by atomic mass is 9.87. The van der Waals surface area contributed by atoms with Crippen LogP contribution in [0, 0.1) is 5.41 Å². The van der Waals surface area contributed by atoms with Crippen LogP contribution in [-0.2, 0) is 17.8 Å². The fourth-order valence-corrected chi connectivity index (χ4v) is 3.97. The van der Waals surface area contributed by atoms with E-state index in [1.165, 1.54) is 6.42 Å². The van der Waals surface area contributed by atoms with Gasteiger partial charge in [0.15, 0.2) is 0 Å². The van der Waals surface area contributed by atoms with Crippen LogP contribution in [0.15, 0.2) is 47.2 Å². The van der Waals surface area contributed by atoms with E-state index in [1.807, 2.05) is 18.3 Å². The van der Waals surface area contributed by atoms with E-state index in [0.717, 1.165) is 63.9 Å². The van der Waals surface area contributed by atoms with Crippen molar-refractivity contribution in [2.45, 2.75) is 19.5 Å². The predicted molar refractivity (Wildman–Crippen MR) is 91.4 cm³/mol. The van der Waals surface area contributed by atoms with Crippen LogP contribution in [0.3, 0.4) is 0 Å². The molecule has 128 valence electrons. The number of aromatic nitrogens is 1. The molecule has 2 fully saturated rings. The van der Waals surface area contributed by atoms with E-state index < -0.39 is 0 Å². The summed E-state index contributed by atoms with van der Waals surface area (Å²) in [7, 11) is 0. The van der Waals surface area contributed by atoms with Crippen molar-refractivity contribution < 1.29 is 9.15 Å². The maximum Gasteiger partial charge on any atom is 0.117 e. The standard InChI is InChI=1S/C19H25N3O2/c1-2-7-20-17(4-1)12-22-9-11-23-16-19(15-22)6-8-21(14-19)13-18-5-3-10-24-18/h1-5,7,10H,6,8-9,11-16H2. The van der Waals surface area contributed by atoms with Crippen LogP contribution in [-0.4, -0.2) is 54.2 Å². The van der Waals surface area contributed by atoms with Crippen molar-refractivity contribution in [1.82, 2.24) is 14.8 Å². The third-order valence-corrected chi connectivity index (χ3v) is 5.11. The van der Waals surface area contributed by atoms with Gasteiger partial charge in [-0.25, -0.2) is 0 Å². The van der Waals surface area contributed by atoms with Gasteiger partial charge in [-0.05, 0) is 37.2 Å². The number of hydrogen-bond acceptors (Lipinski definition) is 5. The highest BCUT2D eigenvalue weighted by Crippen LogP contribution is 2.34. The van der Waals surface area contributed by atoms with E-state index in [9.17, 15) is 0 Å². The highest BCUT2D eigenvalue weighted by Gasteiger charge is 2.41. The highest BCUT2D eigenvalue weighted by atomic mass is 16.5. The number of pyridine rings is 1. The molecule has 0 aliphatic carbocycles. The molecule has 5 nitrogen and oxygen atoms in total. The lowest BCUT2D eigenvalue weighted by Gasteiger charge is -2.31. The second kappa shape index (κ2) is 7.05. The van der Waals surface area contributed by atoms with Gasteiger partial charge in [0.05, 0.1) is 31.7 Å². The Morgan fingerprint density at radius 1 is 1.04 bits per heavy atom. The van der Waals surface area contributed by atoms with Crippen molar-refractivity contribution >= 4 is 0 Å². The summed E-state index contributed by atoms with van der Waals surface area (Å²) < 4.78 is 11.5. The molecule has 1 atom stereocenters. The van der Waals surface area contributed by atoms with Crippen LogP contribution in [0.25, 0.3) is 0 Å². The summed E-state index contributed by atoms with van der Waals surface area (Å²) in [5, 5.41) is 0. The molecule has 0 saturated carbocycles. The summed E-state index contributed by atoms with van der Waals surface area (Å²) in [6.07, 6.45) is 4.82.